The van der Waals surface area contributed by atoms with Gasteiger partial charge in [-0.05, 0) is 19.4 Å². The molecule has 0 aromatic carbocycles. The topological polar surface area (TPSA) is 43.4 Å². The first-order chi connectivity index (χ1) is 5.70. The maximum Gasteiger partial charge on any atom is 0.305 e. The lowest BCUT2D eigenvalue weighted by Gasteiger charge is -1.99. The lowest BCUT2D eigenvalue weighted by Crippen LogP contribution is -2.04. The monoisotopic (exact) mass is 170 g/mol. The van der Waals surface area contributed by atoms with Crippen molar-refractivity contribution in [2.75, 3.05) is 6.61 Å². The molecule has 12 heavy (non-hydrogen) atoms. The van der Waals surface area contributed by atoms with Gasteiger partial charge in [0.05, 0.1) is 6.61 Å². The number of ether oxygens (including phenoxy) is 1. The van der Waals surface area contributed by atoms with Crippen LogP contribution in [0.2, 0.25) is 0 Å². The zero-order chi connectivity index (χ0) is 9.40. The molecule has 68 valence electrons. The highest BCUT2D eigenvalue weighted by Gasteiger charge is 2.02. The maximum atomic E-state index is 10.8. The van der Waals surface area contributed by atoms with Crippen LogP contribution in [0.1, 0.15) is 26.2 Å². The van der Waals surface area contributed by atoms with Gasteiger partial charge in [-0.1, -0.05) is 6.58 Å². The fourth-order valence-electron chi connectivity index (χ4n) is 0.742. The minimum absolute atomic E-state index is 0.0284. The van der Waals surface area contributed by atoms with Gasteiger partial charge in [0.25, 0.3) is 0 Å². The summed E-state index contributed by atoms with van der Waals surface area (Å²) in [5.74, 6) is -0.270. The molecule has 0 fully saturated rings. The fourth-order valence-corrected chi connectivity index (χ4v) is 0.742. The molecule has 0 unspecified atom stereocenters. The van der Waals surface area contributed by atoms with E-state index >= 15 is 0 Å². The minimum atomic E-state index is -0.241. The summed E-state index contributed by atoms with van der Waals surface area (Å²) in [7, 11) is 0. The molecule has 0 radical (unpaired) electrons. The van der Waals surface area contributed by atoms with Gasteiger partial charge in [-0.15, -0.1) is 0 Å². The van der Waals surface area contributed by atoms with Crippen LogP contribution in [0.15, 0.2) is 12.7 Å². The lowest BCUT2D eigenvalue weighted by atomic mass is 10.2. The molecule has 0 saturated carbocycles. The lowest BCUT2D eigenvalue weighted by molar-refractivity contribution is -0.143. The average Bonchev–Trinajstić information content (AvgIpc) is 2.04. The SMILES string of the molecule is C=CC(=O)CCCC(=O)OCC. The summed E-state index contributed by atoms with van der Waals surface area (Å²) in [6.45, 7) is 5.48. The third kappa shape index (κ3) is 5.65. The highest BCUT2D eigenvalue weighted by Crippen LogP contribution is 1.98. The van der Waals surface area contributed by atoms with Crippen molar-refractivity contribution < 1.29 is 14.3 Å². The third-order valence-corrected chi connectivity index (χ3v) is 1.34. The second kappa shape index (κ2) is 6.58. The van der Waals surface area contributed by atoms with Crippen LogP contribution in [0, 0.1) is 0 Å². The average molecular weight is 170 g/mol. The Morgan fingerprint density at radius 2 is 2.08 bits per heavy atom. The number of rotatable bonds is 6. The summed E-state index contributed by atoms with van der Waals surface area (Å²) in [5, 5.41) is 0. The van der Waals surface area contributed by atoms with E-state index < -0.39 is 0 Å². The van der Waals surface area contributed by atoms with Crippen LogP contribution >= 0.6 is 0 Å². The molecule has 0 aliphatic carbocycles. The van der Waals surface area contributed by atoms with Crippen LogP contribution in [-0.2, 0) is 14.3 Å². The summed E-state index contributed by atoms with van der Waals surface area (Å²) in [4.78, 5) is 21.4. The second-order valence-electron chi connectivity index (χ2n) is 2.33. The van der Waals surface area contributed by atoms with Gasteiger partial charge in [-0.25, -0.2) is 0 Å². The van der Waals surface area contributed by atoms with Crippen molar-refractivity contribution in [2.45, 2.75) is 26.2 Å². The fraction of sp³-hybridized carbons (Fsp3) is 0.556. The Bertz CT molecular complexity index is 173. The van der Waals surface area contributed by atoms with Gasteiger partial charge in [0, 0.05) is 12.8 Å². The van der Waals surface area contributed by atoms with Gasteiger partial charge in [-0.3, -0.25) is 9.59 Å². The van der Waals surface area contributed by atoms with Crippen LogP contribution in [0.3, 0.4) is 0 Å². The molecule has 0 heterocycles. The van der Waals surface area contributed by atoms with Crippen LogP contribution in [0.25, 0.3) is 0 Å². The molecule has 3 heteroatoms. The summed E-state index contributed by atoms with van der Waals surface area (Å²) in [6.07, 6.45) is 2.50. The third-order valence-electron chi connectivity index (χ3n) is 1.34. The van der Waals surface area contributed by atoms with Crippen molar-refractivity contribution in [3.05, 3.63) is 12.7 Å². The van der Waals surface area contributed by atoms with Gasteiger partial charge in [-0.2, -0.15) is 0 Å². The van der Waals surface area contributed by atoms with Gasteiger partial charge in [0.1, 0.15) is 0 Å². The van der Waals surface area contributed by atoms with E-state index in [4.69, 9.17) is 0 Å². The van der Waals surface area contributed by atoms with Crippen LogP contribution in [-0.4, -0.2) is 18.4 Å². The highest BCUT2D eigenvalue weighted by atomic mass is 16.5. The molecule has 0 aromatic heterocycles. The van der Waals surface area contributed by atoms with Gasteiger partial charge in [0.15, 0.2) is 5.78 Å². The molecule has 0 rings (SSSR count). The Morgan fingerprint density at radius 1 is 1.42 bits per heavy atom. The van der Waals surface area contributed by atoms with Crippen molar-refractivity contribution in [1.82, 2.24) is 0 Å². The Labute approximate surface area is 72.4 Å². The van der Waals surface area contributed by atoms with E-state index in [-0.39, 0.29) is 11.8 Å². The van der Waals surface area contributed by atoms with Crippen molar-refractivity contribution in [3.8, 4) is 0 Å². The van der Waals surface area contributed by atoms with Crippen molar-refractivity contribution in [3.63, 3.8) is 0 Å². The number of hydrogen-bond acceptors (Lipinski definition) is 3. The van der Waals surface area contributed by atoms with Crippen molar-refractivity contribution in [2.24, 2.45) is 0 Å². The number of allylic oxidation sites excluding steroid dienone is 1. The smallest absolute Gasteiger partial charge is 0.305 e. The Hall–Kier alpha value is -1.12. The first-order valence-corrected chi connectivity index (χ1v) is 4.01. The zero-order valence-corrected chi connectivity index (χ0v) is 7.34. The predicted molar refractivity (Wildman–Crippen MR) is 45.7 cm³/mol. The van der Waals surface area contributed by atoms with E-state index in [1.165, 1.54) is 6.08 Å². The number of carbonyl (C=O) groups excluding carboxylic acids is 2. The van der Waals surface area contributed by atoms with Gasteiger partial charge in [0.2, 0.25) is 0 Å². The number of esters is 1. The number of hydrogen-bond donors (Lipinski definition) is 0. The first kappa shape index (κ1) is 10.9. The normalized spacial score (nSPS) is 9.08. The second-order valence-corrected chi connectivity index (χ2v) is 2.33. The Balaban J connectivity index is 3.36. The van der Waals surface area contributed by atoms with Gasteiger partial charge < -0.3 is 4.74 Å². The number of carbonyl (C=O) groups is 2. The van der Waals surface area contributed by atoms with Crippen molar-refractivity contribution in [1.29, 1.82) is 0 Å². The molecule has 0 aliphatic heterocycles. The molecule has 0 atom stereocenters. The molecule has 0 aliphatic rings. The molecule has 0 bridgehead atoms. The molecular formula is C9H14O3. The number of ketones is 1. The van der Waals surface area contributed by atoms with Gasteiger partial charge >= 0.3 is 5.97 Å². The minimum Gasteiger partial charge on any atom is -0.466 e. The summed E-state index contributed by atoms with van der Waals surface area (Å²) in [5.41, 5.74) is 0. The molecule has 0 aromatic rings. The molecule has 0 N–H and O–H groups in total. The maximum absolute atomic E-state index is 10.8. The van der Waals surface area contributed by atoms with E-state index in [1.807, 2.05) is 0 Å². The summed E-state index contributed by atoms with van der Waals surface area (Å²) < 4.78 is 4.68. The van der Waals surface area contributed by atoms with Crippen molar-refractivity contribution >= 4 is 11.8 Å². The standard InChI is InChI=1S/C9H14O3/c1-3-8(10)6-5-7-9(11)12-4-2/h3H,1,4-7H2,2H3. The summed E-state index contributed by atoms with van der Waals surface area (Å²) in [6, 6.07) is 0. The Kier molecular flexibility index (Phi) is 5.97. The first-order valence-electron chi connectivity index (χ1n) is 4.01. The summed E-state index contributed by atoms with van der Waals surface area (Å²) >= 11 is 0. The van der Waals surface area contributed by atoms with E-state index in [2.05, 4.69) is 11.3 Å². The van der Waals surface area contributed by atoms with E-state index in [1.54, 1.807) is 6.92 Å². The largest absolute Gasteiger partial charge is 0.466 e. The molecule has 0 saturated heterocycles. The van der Waals surface area contributed by atoms with E-state index in [0.29, 0.717) is 25.9 Å². The quantitative estimate of drug-likeness (QED) is 0.448. The zero-order valence-electron chi connectivity index (χ0n) is 7.34. The van der Waals surface area contributed by atoms with E-state index in [9.17, 15) is 9.59 Å². The molecular weight excluding hydrogens is 156 g/mol. The van der Waals surface area contributed by atoms with Crippen LogP contribution < -0.4 is 0 Å². The highest BCUT2D eigenvalue weighted by molar-refractivity contribution is 5.89. The van der Waals surface area contributed by atoms with Crippen LogP contribution in [0.5, 0.6) is 0 Å². The molecule has 0 spiro atoms. The van der Waals surface area contributed by atoms with Crippen LogP contribution in [0.4, 0.5) is 0 Å². The van der Waals surface area contributed by atoms with E-state index in [0.717, 1.165) is 0 Å². The molecule has 0 amide bonds. The predicted octanol–water partition coefficient (Wildman–Crippen LogP) is 1.47. The molecule has 3 nitrogen and oxygen atoms in total. The Morgan fingerprint density at radius 3 is 2.58 bits per heavy atom.